The molecule has 122 valence electrons. The van der Waals surface area contributed by atoms with Crippen molar-refractivity contribution >= 4 is 17.8 Å². The Kier molecular flexibility index (Phi) is 7.35. The van der Waals surface area contributed by atoms with Crippen LogP contribution in [0.2, 0.25) is 0 Å². The monoisotopic (exact) mass is 302 g/mol. The molecule has 0 aliphatic heterocycles. The van der Waals surface area contributed by atoms with Crippen LogP contribution in [-0.4, -0.2) is 42.6 Å². The van der Waals surface area contributed by atoms with Gasteiger partial charge in [-0.2, -0.15) is 0 Å². The average molecular weight is 302 g/mol. The Labute approximate surface area is 125 Å². The first-order chi connectivity index (χ1) is 9.47. The van der Waals surface area contributed by atoms with Gasteiger partial charge in [0.05, 0.1) is 19.6 Å². The van der Waals surface area contributed by atoms with E-state index in [0.29, 0.717) is 0 Å². The van der Waals surface area contributed by atoms with Gasteiger partial charge in [-0.3, -0.25) is 9.59 Å². The van der Waals surface area contributed by atoms with Crippen molar-refractivity contribution in [2.24, 2.45) is 11.7 Å². The van der Waals surface area contributed by atoms with E-state index < -0.39 is 35.5 Å². The van der Waals surface area contributed by atoms with Gasteiger partial charge in [0.15, 0.2) is 0 Å². The molecule has 0 aliphatic carbocycles. The number of amides is 1. The number of rotatable bonds is 6. The quantitative estimate of drug-likeness (QED) is 0.686. The van der Waals surface area contributed by atoms with Crippen LogP contribution in [0.15, 0.2) is 0 Å². The smallest absolute Gasteiger partial charge is 0.328 e. The third-order valence-electron chi connectivity index (χ3n) is 2.61. The lowest BCUT2D eigenvalue weighted by atomic mass is 10.0. The van der Waals surface area contributed by atoms with Gasteiger partial charge in [-0.05, 0) is 26.7 Å². The second-order valence-corrected chi connectivity index (χ2v) is 6.14. The van der Waals surface area contributed by atoms with Crippen molar-refractivity contribution in [3.63, 3.8) is 0 Å². The summed E-state index contributed by atoms with van der Waals surface area (Å²) in [7, 11) is 1.18. The van der Waals surface area contributed by atoms with Crippen LogP contribution >= 0.6 is 0 Å². The lowest BCUT2D eigenvalue weighted by Crippen LogP contribution is -2.51. The van der Waals surface area contributed by atoms with E-state index in [1.807, 2.05) is 0 Å². The van der Waals surface area contributed by atoms with Crippen LogP contribution < -0.4 is 11.1 Å². The fourth-order valence-corrected chi connectivity index (χ4v) is 1.46. The lowest BCUT2D eigenvalue weighted by molar-refractivity contribution is -0.159. The Bertz CT molecular complexity index is 387. The van der Waals surface area contributed by atoms with Gasteiger partial charge >= 0.3 is 11.9 Å². The average Bonchev–Trinajstić information content (AvgIpc) is 2.33. The predicted molar refractivity (Wildman–Crippen MR) is 77.2 cm³/mol. The number of carbonyl (C=O) groups is 3. The van der Waals surface area contributed by atoms with E-state index in [1.54, 1.807) is 34.6 Å². The molecule has 21 heavy (non-hydrogen) atoms. The molecular weight excluding hydrogens is 276 g/mol. The highest BCUT2D eigenvalue weighted by Crippen LogP contribution is 2.10. The molecule has 0 saturated carbocycles. The molecule has 0 fully saturated rings. The molecular formula is C14H26N2O5. The van der Waals surface area contributed by atoms with Crippen LogP contribution in [0.25, 0.3) is 0 Å². The molecule has 7 heteroatoms. The van der Waals surface area contributed by atoms with E-state index in [4.69, 9.17) is 10.5 Å². The van der Waals surface area contributed by atoms with E-state index in [-0.39, 0.29) is 12.3 Å². The topological polar surface area (TPSA) is 108 Å². The van der Waals surface area contributed by atoms with Crippen molar-refractivity contribution < 1.29 is 23.9 Å². The zero-order chi connectivity index (χ0) is 16.8. The first kappa shape index (κ1) is 19.4. The number of nitrogens with two attached hydrogens (primary N) is 1. The molecule has 0 radical (unpaired) electrons. The summed E-state index contributed by atoms with van der Waals surface area (Å²) < 4.78 is 9.71. The molecule has 0 aromatic heterocycles. The molecule has 0 aliphatic rings. The molecule has 0 aromatic rings. The highest BCUT2D eigenvalue weighted by molar-refractivity contribution is 5.90. The maximum Gasteiger partial charge on any atom is 0.328 e. The fraction of sp³-hybridized carbons (Fsp3) is 0.786. The van der Waals surface area contributed by atoms with Gasteiger partial charge < -0.3 is 20.5 Å². The standard InChI is InChI=1S/C14H26N2O5/c1-8(2)11(15)12(18)16-9(13(19)20-6)7-10(17)21-14(3,4)5/h8-9,11H,7,15H2,1-6H3,(H,16,18). The van der Waals surface area contributed by atoms with Crippen LogP contribution in [0.4, 0.5) is 0 Å². The Morgan fingerprint density at radius 2 is 1.71 bits per heavy atom. The summed E-state index contributed by atoms with van der Waals surface area (Å²) >= 11 is 0. The van der Waals surface area contributed by atoms with E-state index in [0.717, 1.165) is 0 Å². The Morgan fingerprint density at radius 3 is 2.10 bits per heavy atom. The van der Waals surface area contributed by atoms with Crippen molar-refractivity contribution in [1.29, 1.82) is 0 Å². The number of methoxy groups -OCH3 is 1. The van der Waals surface area contributed by atoms with Gasteiger partial charge in [0, 0.05) is 0 Å². The third-order valence-corrected chi connectivity index (χ3v) is 2.61. The summed E-state index contributed by atoms with van der Waals surface area (Å²) in [5.41, 5.74) is 5.03. The Hall–Kier alpha value is -1.63. The fourth-order valence-electron chi connectivity index (χ4n) is 1.46. The molecule has 1 amide bonds. The van der Waals surface area contributed by atoms with E-state index >= 15 is 0 Å². The second kappa shape index (κ2) is 7.97. The first-order valence-corrected chi connectivity index (χ1v) is 6.83. The van der Waals surface area contributed by atoms with Crippen LogP contribution in [0.1, 0.15) is 41.0 Å². The summed E-state index contributed by atoms with van der Waals surface area (Å²) in [4.78, 5) is 35.3. The number of esters is 2. The minimum atomic E-state index is -1.11. The molecule has 0 bridgehead atoms. The van der Waals surface area contributed by atoms with Crippen molar-refractivity contribution in [3.05, 3.63) is 0 Å². The Morgan fingerprint density at radius 1 is 1.19 bits per heavy atom. The first-order valence-electron chi connectivity index (χ1n) is 6.83. The summed E-state index contributed by atoms with van der Waals surface area (Å²) in [6.45, 7) is 8.71. The SMILES string of the molecule is COC(=O)C(CC(=O)OC(C)(C)C)NC(=O)C(N)C(C)C. The molecule has 7 nitrogen and oxygen atoms in total. The van der Waals surface area contributed by atoms with Gasteiger partial charge in [0.25, 0.3) is 0 Å². The van der Waals surface area contributed by atoms with Gasteiger partial charge in [-0.25, -0.2) is 4.79 Å². The molecule has 3 N–H and O–H groups in total. The predicted octanol–water partition coefficient (Wildman–Crippen LogP) is 0.359. The number of hydrogen-bond acceptors (Lipinski definition) is 6. The molecule has 0 aromatic carbocycles. The minimum absolute atomic E-state index is 0.0928. The van der Waals surface area contributed by atoms with Gasteiger partial charge in [-0.1, -0.05) is 13.8 Å². The molecule has 0 rings (SSSR count). The summed E-state index contributed by atoms with van der Waals surface area (Å²) in [5.74, 6) is -1.92. The zero-order valence-corrected chi connectivity index (χ0v) is 13.6. The second-order valence-electron chi connectivity index (χ2n) is 6.14. The van der Waals surface area contributed by atoms with Gasteiger partial charge in [-0.15, -0.1) is 0 Å². The Balaban J connectivity index is 4.79. The third kappa shape index (κ3) is 7.65. The summed E-state index contributed by atoms with van der Waals surface area (Å²) in [6.07, 6.45) is -0.305. The maximum absolute atomic E-state index is 11.9. The number of carbonyl (C=O) groups excluding carboxylic acids is 3. The number of ether oxygens (including phenoxy) is 2. The van der Waals surface area contributed by atoms with Gasteiger partial charge in [0.1, 0.15) is 11.6 Å². The molecule has 0 heterocycles. The van der Waals surface area contributed by atoms with Gasteiger partial charge in [0.2, 0.25) is 5.91 Å². The van der Waals surface area contributed by atoms with Crippen LogP contribution in [0.3, 0.4) is 0 Å². The van der Waals surface area contributed by atoms with E-state index in [9.17, 15) is 14.4 Å². The van der Waals surface area contributed by atoms with Crippen LogP contribution in [0, 0.1) is 5.92 Å². The highest BCUT2D eigenvalue weighted by atomic mass is 16.6. The lowest BCUT2D eigenvalue weighted by Gasteiger charge is -2.23. The molecule has 0 saturated heterocycles. The summed E-state index contributed by atoms with van der Waals surface area (Å²) in [5, 5.41) is 2.43. The van der Waals surface area contributed by atoms with E-state index in [1.165, 1.54) is 7.11 Å². The summed E-state index contributed by atoms with van der Waals surface area (Å²) in [6, 6.07) is -1.88. The molecule has 0 spiro atoms. The minimum Gasteiger partial charge on any atom is -0.467 e. The van der Waals surface area contributed by atoms with Crippen LogP contribution in [-0.2, 0) is 23.9 Å². The zero-order valence-electron chi connectivity index (χ0n) is 13.6. The van der Waals surface area contributed by atoms with Crippen molar-refractivity contribution in [2.75, 3.05) is 7.11 Å². The van der Waals surface area contributed by atoms with Crippen LogP contribution in [0.5, 0.6) is 0 Å². The highest BCUT2D eigenvalue weighted by Gasteiger charge is 2.29. The number of nitrogens with one attached hydrogen (secondary N) is 1. The molecule has 2 unspecified atom stereocenters. The van der Waals surface area contributed by atoms with Crippen molar-refractivity contribution in [2.45, 2.75) is 58.7 Å². The van der Waals surface area contributed by atoms with E-state index in [2.05, 4.69) is 10.1 Å². The van der Waals surface area contributed by atoms with Crippen molar-refractivity contribution in [3.8, 4) is 0 Å². The number of hydrogen-bond donors (Lipinski definition) is 2. The maximum atomic E-state index is 11.9. The largest absolute Gasteiger partial charge is 0.467 e. The molecule has 2 atom stereocenters. The van der Waals surface area contributed by atoms with Crippen molar-refractivity contribution in [1.82, 2.24) is 5.32 Å². The normalized spacial score (nSPS) is 14.3.